The van der Waals surface area contributed by atoms with E-state index in [2.05, 4.69) is 368 Å². The molecule has 17 aromatic rings. The van der Waals surface area contributed by atoms with Crippen molar-refractivity contribution in [3.8, 4) is 50.4 Å². The highest BCUT2D eigenvalue weighted by atomic mass is 15.2. The molecule has 0 fully saturated rings. The highest BCUT2D eigenvalue weighted by Gasteiger charge is 2.46. The Kier molecular flexibility index (Phi) is 16.4. The zero-order valence-electron chi connectivity index (χ0n) is 61.3. The standard InChI is InChI=1S/C100H86BN5/c1-6-8-10-15-41-70-59-72(67-35-17-12-18-36-67)60-71(42-16-11-9-7-2)98(70)105-93-63-74(102-87-49-29-23-43-77(87)78-44-24-30-50-88(78)102)55-57-85(93)101-86-58-56-75(103-89-51-31-25-45-79(89)80-46-26-32-52-90(80)103)64-94(86)106(96-66-76(65-95(105)97(96)101)104-91-53-33-27-47-81(91)82-48-28-34-54-92(82)104)99-83(68-37-19-13-20-38-68)61-73(100(3,4)5)62-84(99)69-39-21-14-22-40-69/h12-14,17-40,43-66H,6-11,15-16,41-42H2,1-5H3. The first-order chi connectivity index (χ1) is 52.2. The van der Waals surface area contributed by atoms with Crippen LogP contribution in [-0.4, -0.2) is 20.4 Å². The molecular weight excluding hydrogens is 1280 g/mol. The minimum atomic E-state index is -0.229. The number of benzene rings is 14. The largest absolute Gasteiger partial charge is 0.311 e. The van der Waals surface area contributed by atoms with Gasteiger partial charge in [-0.25, -0.2) is 0 Å². The fourth-order valence-electron chi connectivity index (χ4n) is 18.1. The van der Waals surface area contributed by atoms with E-state index < -0.39 is 0 Å². The third kappa shape index (κ3) is 10.8. The SMILES string of the molecule is CCCCCCc1cc(-c2ccccc2)cc(CCCCCC)c1N1c2cc(-n3c4ccccc4c4ccccc43)ccc2B2c3ccc(-n4c5ccccc5c5ccccc54)cc3N(c3c(-c4ccccc4)cc(C(C)(C)C)cc3-c3ccccc3)c3cc(-n4c5ccccc5c5ccccc54)cc1c32. The number of hydrogen-bond donors (Lipinski definition) is 0. The summed E-state index contributed by atoms with van der Waals surface area (Å²) in [6.07, 6.45) is 11.1. The second-order valence-electron chi connectivity index (χ2n) is 30.6. The third-order valence-corrected chi connectivity index (χ3v) is 23.1. The average molecular weight is 1370 g/mol. The van der Waals surface area contributed by atoms with Gasteiger partial charge in [-0.3, -0.25) is 0 Å². The first-order valence-corrected chi connectivity index (χ1v) is 38.7. The predicted octanol–water partition coefficient (Wildman–Crippen LogP) is 25.6. The number of unbranched alkanes of at least 4 members (excludes halogenated alkanes) is 6. The second kappa shape index (κ2) is 26.7. The summed E-state index contributed by atoms with van der Waals surface area (Å²) in [5.41, 5.74) is 32.5. The van der Waals surface area contributed by atoms with Gasteiger partial charge in [0.1, 0.15) is 0 Å². The molecular formula is C100H86BN5. The van der Waals surface area contributed by atoms with Crippen LogP contribution >= 0.6 is 0 Å². The number of nitrogens with zero attached hydrogens (tertiary/aromatic N) is 5. The van der Waals surface area contributed by atoms with Gasteiger partial charge < -0.3 is 23.5 Å². The number of aromatic nitrogens is 3. The lowest BCUT2D eigenvalue weighted by Crippen LogP contribution is -2.61. The number of anilines is 6. The molecule has 0 saturated heterocycles. The molecule has 19 rings (SSSR count). The minimum absolute atomic E-state index is 0.198. The lowest BCUT2D eigenvalue weighted by Gasteiger charge is -2.46. The van der Waals surface area contributed by atoms with Gasteiger partial charge in [0.05, 0.1) is 50.2 Å². The molecule has 0 unspecified atom stereocenters. The molecule has 5 nitrogen and oxygen atoms in total. The van der Waals surface area contributed by atoms with Crippen LogP contribution in [0.25, 0.3) is 116 Å². The Morgan fingerprint density at radius 2 is 0.613 bits per heavy atom. The Bertz CT molecular complexity index is 5990. The summed E-state index contributed by atoms with van der Waals surface area (Å²) in [5, 5.41) is 7.43. The number of aryl methyl sites for hydroxylation is 2. The summed E-state index contributed by atoms with van der Waals surface area (Å²) in [6.45, 7) is 11.6. The van der Waals surface area contributed by atoms with Crippen LogP contribution in [0.5, 0.6) is 0 Å². The fourth-order valence-corrected chi connectivity index (χ4v) is 18.1. The summed E-state index contributed by atoms with van der Waals surface area (Å²) in [7, 11) is 0. The Hall–Kier alpha value is -11.9. The van der Waals surface area contributed by atoms with E-state index in [1.165, 1.54) is 175 Å². The summed E-state index contributed by atoms with van der Waals surface area (Å²) in [4.78, 5) is 5.61. The van der Waals surface area contributed by atoms with E-state index in [1.807, 2.05) is 0 Å². The van der Waals surface area contributed by atoms with Gasteiger partial charge in [-0.2, -0.15) is 0 Å². The molecule has 14 aromatic carbocycles. The lowest BCUT2D eigenvalue weighted by atomic mass is 9.33. The van der Waals surface area contributed by atoms with Gasteiger partial charge in [0, 0.05) is 77.6 Å². The van der Waals surface area contributed by atoms with E-state index in [9.17, 15) is 0 Å². The van der Waals surface area contributed by atoms with Crippen LogP contribution in [0.2, 0.25) is 0 Å². The molecule has 6 heteroatoms. The maximum absolute atomic E-state index is 2.84. The normalized spacial score (nSPS) is 12.7. The van der Waals surface area contributed by atoms with Gasteiger partial charge in [-0.05, 0) is 183 Å². The highest BCUT2D eigenvalue weighted by molar-refractivity contribution is 7.00. The molecule has 0 saturated carbocycles. The van der Waals surface area contributed by atoms with E-state index >= 15 is 0 Å². The molecule has 0 aliphatic carbocycles. The third-order valence-electron chi connectivity index (χ3n) is 23.1. The first-order valence-electron chi connectivity index (χ1n) is 38.7. The Morgan fingerprint density at radius 3 is 0.981 bits per heavy atom. The molecule has 106 heavy (non-hydrogen) atoms. The van der Waals surface area contributed by atoms with E-state index in [-0.39, 0.29) is 12.1 Å². The van der Waals surface area contributed by atoms with Gasteiger partial charge in [-0.15, -0.1) is 0 Å². The zero-order chi connectivity index (χ0) is 71.2. The Morgan fingerprint density at radius 1 is 0.283 bits per heavy atom. The van der Waals surface area contributed by atoms with Crippen molar-refractivity contribution in [2.45, 2.75) is 104 Å². The topological polar surface area (TPSA) is 21.3 Å². The molecule has 2 aliphatic rings. The van der Waals surface area contributed by atoms with Crippen molar-refractivity contribution < 1.29 is 0 Å². The predicted molar refractivity (Wildman–Crippen MR) is 454 cm³/mol. The second-order valence-corrected chi connectivity index (χ2v) is 30.6. The molecule has 0 atom stereocenters. The van der Waals surface area contributed by atoms with Gasteiger partial charge in [0.15, 0.2) is 0 Å². The lowest BCUT2D eigenvalue weighted by molar-refractivity contribution is 0.591. The molecule has 514 valence electrons. The zero-order valence-corrected chi connectivity index (χ0v) is 61.3. The number of fused-ring (bicyclic) bond motifs is 13. The smallest absolute Gasteiger partial charge is 0.252 e. The molecule has 0 amide bonds. The summed E-state index contributed by atoms with van der Waals surface area (Å²) in [6, 6.07) is 119. The van der Waals surface area contributed by atoms with E-state index in [1.54, 1.807) is 0 Å². The van der Waals surface area contributed by atoms with Gasteiger partial charge >= 0.3 is 0 Å². The molecule has 2 aliphatic heterocycles. The van der Waals surface area contributed by atoms with Crippen LogP contribution in [0, 0.1) is 0 Å². The molecule has 0 N–H and O–H groups in total. The van der Waals surface area contributed by atoms with Crippen molar-refractivity contribution in [1.82, 2.24) is 13.7 Å². The minimum Gasteiger partial charge on any atom is -0.311 e. The van der Waals surface area contributed by atoms with Crippen LogP contribution in [0.3, 0.4) is 0 Å². The molecule has 5 heterocycles. The van der Waals surface area contributed by atoms with Gasteiger partial charge in [-0.1, -0.05) is 285 Å². The van der Waals surface area contributed by atoms with Crippen molar-refractivity contribution in [2.75, 3.05) is 9.80 Å². The van der Waals surface area contributed by atoms with Crippen molar-refractivity contribution in [3.05, 3.63) is 326 Å². The maximum Gasteiger partial charge on any atom is 0.252 e. The van der Waals surface area contributed by atoms with E-state index in [4.69, 9.17) is 0 Å². The number of rotatable bonds is 18. The number of para-hydroxylation sites is 6. The number of hydrogen-bond acceptors (Lipinski definition) is 2. The van der Waals surface area contributed by atoms with E-state index in [0.717, 1.165) is 72.6 Å². The van der Waals surface area contributed by atoms with E-state index in [0.29, 0.717) is 0 Å². The van der Waals surface area contributed by atoms with Crippen molar-refractivity contribution in [3.63, 3.8) is 0 Å². The quantitative estimate of drug-likeness (QED) is 0.0631. The Balaban J connectivity index is 1.01. The van der Waals surface area contributed by atoms with Gasteiger partial charge in [0.2, 0.25) is 0 Å². The first kappa shape index (κ1) is 64.9. The van der Waals surface area contributed by atoms with Crippen molar-refractivity contribution >= 4 is 123 Å². The molecule has 0 bridgehead atoms. The van der Waals surface area contributed by atoms with Crippen LogP contribution in [0.15, 0.2) is 309 Å². The van der Waals surface area contributed by atoms with Crippen molar-refractivity contribution in [2.24, 2.45) is 0 Å². The highest BCUT2D eigenvalue weighted by Crippen LogP contribution is 2.54. The maximum atomic E-state index is 2.84. The fraction of sp³-hybridized carbons (Fsp3) is 0.160. The summed E-state index contributed by atoms with van der Waals surface area (Å²) < 4.78 is 7.66. The Labute approximate surface area is 623 Å². The van der Waals surface area contributed by atoms with Crippen LogP contribution in [-0.2, 0) is 18.3 Å². The van der Waals surface area contributed by atoms with Crippen LogP contribution in [0.4, 0.5) is 34.1 Å². The van der Waals surface area contributed by atoms with Crippen LogP contribution in [0.1, 0.15) is 103 Å². The van der Waals surface area contributed by atoms with Crippen molar-refractivity contribution in [1.29, 1.82) is 0 Å². The average Bonchev–Trinajstić information content (AvgIpc) is 0.809. The van der Waals surface area contributed by atoms with Crippen LogP contribution < -0.4 is 26.2 Å². The summed E-state index contributed by atoms with van der Waals surface area (Å²) >= 11 is 0. The molecule has 0 radical (unpaired) electrons. The molecule has 3 aromatic heterocycles. The monoisotopic (exact) mass is 1370 g/mol. The van der Waals surface area contributed by atoms with Gasteiger partial charge in [0.25, 0.3) is 6.71 Å². The molecule has 0 spiro atoms. The summed E-state index contributed by atoms with van der Waals surface area (Å²) in [5.74, 6) is 0.